The summed E-state index contributed by atoms with van der Waals surface area (Å²) in [5.74, 6) is 0.792. The lowest BCUT2D eigenvalue weighted by molar-refractivity contribution is -0.00396. The Balaban J connectivity index is 1.51. The lowest BCUT2D eigenvalue weighted by atomic mass is 9.78. The molecule has 2 aliphatic rings. The minimum atomic E-state index is 0.0765. The third-order valence-corrected chi connectivity index (χ3v) is 6.56. The first-order chi connectivity index (χ1) is 13.4. The van der Waals surface area contributed by atoms with Gasteiger partial charge in [-0.1, -0.05) is 13.8 Å². The molecule has 4 rings (SSSR count). The van der Waals surface area contributed by atoms with Gasteiger partial charge in [0.25, 0.3) is 0 Å². The molecule has 28 heavy (non-hydrogen) atoms. The van der Waals surface area contributed by atoms with Gasteiger partial charge in [-0.05, 0) is 31.7 Å². The SMILES string of the molecule is CC(=O)c1cc(CN2CCC3(CC2)c2nc[nH]c2CCN3CC(C)C)n(C)c1. The van der Waals surface area contributed by atoms with Crippen LogP contribution in [-0.4, -0.2) is 56.3 Å². The Labute approximate surface area is 167 Å². The molecule has 0 saturated carbocycles. The number of fused-ring (bicyclic) bond motifs is 2. The molecule has 0 aromatic carbocycles. The highest BCUT2D eigenvalue weighted by Crippen LogP contribution is 2.42. The topological polar surface area (TPSA) is 57.2 Å². The number of aromatic amines is 1. The van der Waals surface area contributed by atoms with Crippen molar-refractivity contribution < 1.29 is 4.79 Å². The van der Waals surface area contributed by atoms with Crippen LogP contribution in [0.3, 0.4) is 0 Å². The number of rotatable bonds is 5. The van der Waals surface area contributed by atoms with Crippen molar-refractivity contribution >= 4 is 5.78 Å². The number of piperidine rings is 1. The van der Waals surface area contributed by atoms with Gasteiger partial charge in [0.15, 0.2) is 5.78 Å². The summed E-state index contributed by atoms with van der Waals surface area (Å²) in [6.07, 6.45) is 7.13. The molecule has 1 fully saturated rings. The predicted octanol–water partition coefficient (Wildman–Crippen LogP) is 2.96. The Bertz CT molecular complexity index is 841. The molecular formula is C22H33N5O. The maximum absolute atomic E-state index is 11.7. The number of Topliss-reactive ketones (excluding diaryl/α,β-unsaturated/α-hetero) is 1. The fraction of sp³-hybridized carbons (Fsp3) is 0.636. The zero-order valence-electron chi connectivity index (χ0n) is 17.7. The third-order valence-electron chi connectivity index (χ3n) is 6.56. The molecule has 0 unspecified atom stereocenters. The smallest absolute Gasteiger partial charge is 0.161 e. The average molecular weight is 384 g/mol. The fourth-order valence-electron chi connectivity index (χ4n) is 5.05. The number of likely N-dealkylation sites (tertiary alicyclic amines) is 1. The lowest BCUT2D eigenvalue weighted by Gasteiger charge is -2.51. The molecule has 0 aliphatic carbocycles. The largest absolute Gasteiger partial charge is 0.353 e. The van der Waals surface area contributed by atoms with Crippen LogP contribution in [0.2, 0.25) is 0 Å². The second-order valence-corrected chi connectivity index (χ2v) is 9.01. The number of ketones is 1. The zero-order valence-corrected chi connectivity index (χ0v) is 17.7. The number of nitrogens with zero attached hydrogens (tertiary/aromatic N) is 4. The van der Waals surface area contributed by atoms with Gasteiger partial charge in [-0.3, -0.25) is 14.6 Å². The summed E-state index contributed by atoms with van der Waals surface area (Å²) >= 11 is 0. The van der Waals surface area contributed by atoms with Crippen LogP contribution in [0.4, 0.5) is 0 Å². The van der Waals surface area contributed by atoms with E-state index in [1.165, 1.54) is 17.1 Å². The molecule has 0 atom stereocenters. The molecule has 2 aromatic heterocycles. The molecule has 152 valence electrons. The number of H-pyrrole nitrogens is 1. The summed E-state index contributed by atoms with van der Waals surface area (Å²) in [5, 5.41) is 0. The van der Waals surface area contributed by atoms with E-state index in [1.54, 1.807) is 6.92 Å². The maximum Gasteiger partial charge on any atom is 0.161 e. The van der Waals surface area contributed by atoms with E-state index in [1.807, 2.05) is 25.6 Å². The minimum absolute atomic E-state index is 0.0765. The number of hydrogen-bond acceptors (Lipinski definition) is 4. The number of carbonyl (C=O) groups excluding carboxylic acids is 1. The van der Waals surface area contributed by atoms with Gasteiger partial charge in [-0.25, -0.2) is 4.98 Å². The van der Waals surface area contributed by atoms with Crippen LogP contribution in [0.25, 0.3) is 0 Å². The van der Waals surface area contributed by atoms with Crippen LogP contribution in [0.1, 0.15) is 61.1 Å². The van der Waals surface area contributed by atoms with E-state index in [2.05, 4.69) is 33.2 Å². The van der Waals surface area contributed by atoms with Gasteiger partial charge in [0.1, 0.15) is 0 Å². The Hall–Kier alpha value is -1.92. The van der Waals surface area contributed by atoms with Crippen molar-refractivity contribution in [3.05, 3.63) is 41.2 Å². The summed E-state index contributed by atoms with van der Waals surface area (Å²) < 4.78 is 2.10. The molecule has 0 radical (unpaired) electrons. The van der Waals surface area contributed by atoms with Gasteiger partial charge >= 0.3 is 0 Å². The van der Waals surface area contributed by atoms with Crippen LogP contribution in [-0.2, 0) is 25.6 Å². The molecule has 2 aliphatic heterocycles. The van der Waals surface area contributed by atoms with Gasteiger partial charge in [-0.2, -0.15) is 0 Å². The van der Waals surface area contributed by atoms with Gasteiger partial charge in [0, 0.05) is 69.3 Å². The van der Waals surface area contributed by atoms with Gasteiger partial charge < -0.3 is 9.55 Å². The third kappa shape index (κ3) is 3.44. The number of aryl methyl sites for hydroxylation is 1. The number of aromatic nitrogens is 3. The molecule has 2 aromatic rings. The zero-order chi connectivity index (χ0) is 19.9. The summed E-state index contributed by atoms with van der Waals surface area (Å²) in [5.41, 5.74) is 4.72. The molecule has 1 N–H and O–H groups in total. The summed E-state index contributed by atoms with van der Waals surface area (Å²) in [6, 6.07) is 2.05. The molecule has 4 heterocycles. The average Bonchev–Trinajstić information content (AvgIpc) is 3.27. The number of nitrogens with one attached hydrogen (secondary N) is 1. The van der Waals surface area contributed by atoms with Gasteiger partial charge in [-0.15, -0.1) is 0 Å². The van der Waals surface area contributed by atoms with Crippen molar-refractivity contribution in [1.29, 1.82) is 0 Å². The quantitative estimate of drug-likeness (QED) is 0.807. The Morgan fingerprint density at radius 3 is 2.68 bits per heavy atom. The predicted molar refractivity (Wildman–Crippen MR) is 110 cm³/mol. The molecule has 0 amide bonds. The highest BCUT2D eigenvalue weighted by atomic mass is 16.1. The van der Waals surface area contributed by atoms with Crippen LogP contribution in [0, 0.1) is 5.92 Å². The summed E-state index contributed by atoms with van der Waals surface area (Å²) in [6.45, 7) is 11.5. The fourth-order valence-corrected chi connectivity index (χ4v) is 5.05. The number of imidazole rings is 1. The summed E-state index contributed by atoms with van der Waals surface area (Å²) in [4.78, 5) is 25.1. The van der Waals surface area contributed by atoms with Gasteiger partial charge in [0.05, 0.1) is 17.6 Å². The Morgan fingerprint density at radius 1 is 1.29 bits per heavy atom. The van der Waals surface area contributed by atoms with E-state index in [-0.39, 0.29) is 11.3 Å². The second kappa shape index (κ2) is 7.48. The van der Waals surface area contributed by atoms with E-state index in [9.17, 15) is 4.79 Å². The molecular weight excluding hydrogens is 350 g/mol. The van der Waals surface area contributed by atoms with E-state index in [0.29, 0.717) is 5.92 Å². The van der Waals surface area contributed by atoms with Crippen LogP contribution in [0.5, 0.6) is 0 Å². The highest BCUT2D eigenvalue weighted by molar-refractivity contribution is 5.94. The normalized spacial score (nSPS) is 20.0. The van der Waals surface area contributed by atoms with Crippen LogP contribution >= 0.6 is 0 Å². The molecule has 1 spiro atoms. The molecule has 1 saturated heterocycles. The first-order valence-corrected chi connectivity index (χ1v) is 10.6. The summed E-state index contributed by atoms with van der Waals surface area (Å²) in [7, 11) is 2.04. The Morgan fingerprint density at radius 2 is 2.04 bits per heavy atom. The Kier molecular flexibility index (Phi) is 5.19. The maximum atomic E-state index is 11.7. The second-order valence-electron chi connectivity index (χ2n) is 9.01. The monoisotopic (exact) mass is 383 g/mol. The highest BCUT2D eigenvalue weighted by Gasteiger charge is 2.46. The van der Waals surface area contributed by atoms with Crippen molar-refractivity contribution in [3.8, 4) is 0 Å². The standard InChI is InChI=1S/C22H33N5O/c1-16(2)12-27-8-5-20-21(24-15-23-20)22(27)6-9-26(10-7-22)14-19-11-18(17(3)28)13-25(19)4/h11,13,15-16H,5-10,12,14H2,1-4H3,(H,23,24). The van der Waals surface area contributed by atoms with Crippen molar-refractivity contribution in [1.82, 2.24) is 24.3 Å². The van der Waals surface area contributed by atoms with Crippen molar-refractivity contribution in [2.45, 2.75) is 52.1 Å². The number of carbonyl (C=O) groups is 1. The van der Waals surface area contributed by atoms with Crippen LogP contribution in [0.15, 0.2) is 18.6 Å². The molecule has 6 heteroatoms. The molecule has 6 nitrogen and oxygen atoms in total. The van der Waals surface area contributed by atoms with E-state index in [4.69, 9.17) is 4.98 Å². The van der Waals surface area contributed by atoms with Crippen molar-refractivity contribution in [2.24, 2.45) is 13.0 Å². The number of hydrogen-bond donors (Lipinski definition) is 1. The lowest BCUT2D eigenvalue weighted by Crippen LogP contribution is -2.57. The van der Waals surface area contributed by atoms with Crippen molar-refractivity contribution in [3.63, 3.8) is 0 Å². The van der Waals surface area contributed by atoms with E-state index < -0.39 is 0 Å². The van der Waals surface area contributed by atoms with E-state index >= 15 is 0 Å². The minimum Gasteiger partial charge on any atom is -0.353 e. The van der Waals surface area contributed by atoms with Crippen LogP contribution < -0.4 is 0 Å². The first-order valence-electron chi connectivity index (χ1n) is 10.6. The van der Waals surface area contributed by atoms with E-state index in [0.717, 1.165) is 57.5 Å². The first kappa shape index (κ1) is 19.4. The molecule has 0 bridgehead atoms. The van der Waals surface area contributed by atoms with Crippen molar-refractivity contribution in [2.75, 3.05) is 26.2 Å². The van der Waals surface area contributed by atoms with Gasteiger partial charge in [0.2, 0.25) is 0 Å².